The smallest absolute Gasteiger partial charge is 0.246 e. The van der Waals surface area contributed by atoms with E-state index in [4.69, 9.17) is 14.7 Å². The zero-order chi connectivity index (χ0) is 27.9. The van der Waals surface area contributed by atoms with E-state index < -0.39 is 0 Å². The van der Waals surface area contributed by atoms with Crippen molar-refractivity contribution in [3.05, 3.63) is 97.3 Å². The third kappa shape index (κ3) is 4.58. The van der Waals surface area contributed by atoms with Crippen LogP contribution in [-0.2, 0) is 4.79 Å². The van der Waals surface area contributed by atoms with Crippen LogP contribution in [0.4, 0.5) is 0 Å². The van der Waals surface area contributed by atoms with Gasteiger partial charge in [0.25, 0.3) is 0 Å². The molecule has 0 radical (unpaired) electrons. The van der Waals surface area contributed by atoms with E-state index in [9.17, 15) is 4.79 Å². The van der Waals surface area contributed by atoms with E-state index in [1.807, 2.05) is 47.5 Å². The van der Waals surface area contributed by atoms with E-state index in [0.29, 0.717) is 12.6 Å². The Morgan fingerprint density at radius 1 is 1.10 bits per heavy atom. The Balaban J connectivity index is 1.22. The molecule has 0 saturated carbocycles. The Morgan fingerprint density at radius 3 is 2.76 bits per heavy atom. The van der Waals surface area contributed by atoms with Gasteiger partial charge >= 0.3 is 0 Å². The molecule has 1 fully saturated rings. The standard InChI is InChI=1S/C32H31N7O2/c1-3-30(40)37-17-14-23(18-21(37)2)34-27-20-41-28-19-24(10-11-25(27)28)39-31(22-8-5-4-6-9-22)35-26-12-13-29(36-32(26)39)38-16-7-15-33-38/h3-13,15-16,19,21,23,27,34H,1,14,17-18,20H2,2H3. The summed E-state index contributed by atoms with van der Waals surface area (Å²) in [5.74, 6) is 2.40. The summed E-state index contributed by atoms with van der Waals surface area (Å²) in [5, 5.41) is 8.16. The number of pyridine rings is 1. The number of nitrogens with zero attached hydrogens (tertiary/aromatic N) is 6. The summed E-state index contributed by atoms with van der Waals surface area (Å²) < 4.78 is 10.1. The summed E-state index contributed by atoms with van der Waals surface area (Å²) in [6, 6.07) is 22.9. The second-order valence-corrected chi connectivity index (χ2v) is 10.7. The van der Waals surface area contributed by atoms with Gasteiger partial charge in [-0.15, -0.1) is 0 Å². The molecule has 41 heavy (non-hydrogen) atoms. The quantitative estimate of drug-likeness (QED) is 0.307. The molecule has 9 nitrogen and oxygen atoms in total. The van der Waals surface area contributed by atoms with Crippen molar-refractivity contribution in [2.75, 3.05) is 13.2 Å². The number of fused-ring (bicyclic) bond motifs is 2. The minimum Gasteiger partial charge on any atom is -0.491 e. The van der Waals surface area contributed by atoms with Crippen LogP contribution in [0.1, 0.15) is 31.4 Å². The number of hydrogen-bond donors (Lipinski definition) is 1. The predicted molar refractivity (Wildman–Crippen MR) is 157 cm³/mol. The lowest BCUT2D eigenvalue weighted by Crippen LogP contribution is -2.50. The third-order valence-corrected chi connectivity index (χ3v) is 8.07. The van der Waals surface area contributed by atoms with Crippen molar-refractivity contribution in [3.63, 3.8) is 0 Å². The highest BCUT2D eigenvalue weighted by Crippen LogP contribution is 2.37. The number of amides is 1. The zero-order valence-electron chi connectivity index (χ0n) is 22.9. The van der Waals surface area contributed by atoms with Crippen LogP contribution < -0.4 is 10.1 Å². The molecule has 206 valence electrons. The van der Waals surface area contributed by atoms with Crippen molar-refractivity contribution in [3.8, 4) is 28.6 Å². The van der Waals surface area contributed by atoms with Gasteiger partial charge in [-0.1, -0.05) is 43.0 Å². The second-order valence-electron chi connectivity index (χ2n) is 10.7. The molecule has 0 aliphatic carbocycles. The molecule has 0 spiro atoms. The summed E-state index contributed by atoms with van der Waals surface area (Å²) in [6.45, 7) is 7.04. The summed E-state index contributed by atoms with van der Waals surface area (Å²) in [6.07, 6.45) is 6.83. The maximum absolute atomic E-state index is 12.1. The molecule has 1 saturated heterocycles. The maximum atomic E-state index is 12.1. The van der Waals surface area contributed by atoms with Gasteiger partial charge in [0.1, 0.15) is 23.7 Å². The summed E-state index contributed by atoms with van der Waals surface area (Å²) in [7, 11) is 0. The SMILES string of the molecule is C=CC(=O)N1CCC(NC2COc3cc(-n4c(-c5ccccc5)nc5ccc(-n6cccn6)nc54)ccc32)CC1C. The van der Waals surface area contributed by atoms with Gasteiger partial charge in [-0.3, -0.25) is 9.36 Å². The van der Waals surface area contributed by atoms with E-state index >= 15 is 0 Å². The van der Waals surface area contributed by atoms with Gasteiger partial charge in [-0.2, -0.15) is 5.10 Å². The molecule has 0 bridgehead atoms. The fourth-order valence-electron chi connectivity index (χ4n) is 6.03. The number of rotatable bonds is 6. The first-order valence-corrected chi connectivity index (χ1v) is 14.0. The molecule has 2 aromatic carbocycles. The van der Waals surface area contributed by atoms with Crippen LogP contribution in [-0.4, -0.2) is 60.4 Å². The van der Waals surface area contributed by atoms with Crippen LogP contribution >= 0.6 is 0 Å². The monoisotopic (exact) mass is 545 g/mol. The zero-order valence-corrected chi connectivity index (χ0v) is 22.9. The van der Waals surface area contributed by atoms with Crippen LogP contribution in [0.5, 0.6) is 5.75 Å². The van der Waals surface area contributed by atoms with Gasteiger partial charge in [0.05, 0.1) is 11.7 Å². The highest BCUT2D eigenvalue weighted by Gasteiger charge is 2.32. The van der Waals surface area contributed by atoms with E-state index in [1.165, 1.54) is 6.08 Å². The van der Waals surface area contributed by atoms with E-state index in [-0.39, 0.29) is 18.0 Å². The third-order valence-electron chi connectivity index (χ3n) is 8.07. The first kappa shape index (κ1) is 25.2. The molecular formula is C32H31N7O2. The molecule has 3 atom stereocenters. The Hall–Kier alpha value is -4.76. The number of hydrogen-bond acceptors (Lipinski definition) is 6. The Bertz CT molecular complexity index is 1730. The maximum Gasteiger partial charge on any atom is 0.246 e. The molecule has 2 aliphatic rings. The highest BCUT2D eigenvalue weighted by molar-refractivity contribution is 5.87. The van der Waals surface area contributed by atoms with Crippen molar-refractivity contribution < 1.29 is 9.53 Å². The summed E-state index contributed by atoms with van der Waals surface area (Å²) >= 11 is 0. The van der Waals surface area contributed by atoms with E-state index in [1.54, 1.807) is 10.9 Å². The van der Waals surface area contributed by atoms with Crippen LogP contribution in [0.15, 0.2) is 91.8 Å². The molecule has 1 N–H and O–H groups in total. The fourth-order valence-corrected chi connectivity index (χ4v) is 6.03. The average molecular weight is 546 g/mol. The summed E-state index contributed by atoms with van der Waals surface area (Å²) in [5.41, 5.74) is 4.63. The average Bonchev–Trinajstić information content (AvgIpc) is 3.76. The Morgan fingerprint density at radius 2 is 1.98 bits per heavy atom. The van der Waals surface area contributed by atoms with Crippen LogP contribution in [0.25, 0.3) is 34.1 Å². The van der Waals surface area contributed by atoms with Gasteiger partial charge in [0.2, 0.25) is 5.91 Å². The first-order valence-electron chi connectivity index (χ1n) is 14.0. The van der Waals surface area contributed by atoms with Crippen molar-refractivity contribution in [2.45, 2.75) is 37.9 Å². The number of imidazole rings is 1. The lowest BCUT2D eigenvalue weighted by molar-refractivity contribution is -0.129. The predicted octanol–water partition coefficient (Wildman–Crippen LogP) is 4.86. The molecule has 3 unspecified atom stereocenters. The normalized spacial score (nSPS) is 20.1. The van der Waals surface area contributed by atoms with Gasteiger partial charge in [-0.25, -0.2) is 14.6 Å². The van der Waals surface area contributed by atoms with Gasteiger partial charge < -0.3 is 15.0 Å². The van der Waals surface area contributed by atoms with Crippen molar-refractivity contribution in [1.29, 1.82) is 0 Å². The summed E-state index contributed by atoms with van der Waals surface area (Å²) in [4.78, 5) is 24.0. The lowest BCUT2D eigenvalue weighted by atomic mass is 9.96. The molecule has 2 aliphatic heterocycles. The Kier molecular flexibility index (Phi) is 6.36. The molecule has 1 amide bonds. The number of carbonyl (C=O) groups is 1. The largest absolute Gasteiger partial charge is 0.491 e. The number of nitrogens with one attached hydrogen (secondary N) is 1. The number of piperidine rings is 1. The van der Waals surface area contributed by atoms with E-state index in [2.05, 4.69) is 58.8 Å². The van der Waals surface area contributed by atoms with Crippen molar-refractivity contribution in [1.82, 2.24) is 34.5 Å². The molecule has 5 aromatic rings. The van der Waals surface area contributed by atoms with Gasteiger partial charge in [0, 0.05) is 48.2 Å². The van der Waals surface area contributed by atoms with Crippen LogP contribution in [0.3, 0.4) is 0 Å². The van der Waals surface area contributed by atoms with Gasteiger partial charge in [0.15, 0.2) is 11.5 Å². The molecule has 7 rings (SSSR count). The van der Waals surface area contributed by atoms with Crippen LogP contribution in [0.2, 0.25) is 0 Å². The Labute approximate surface area is 238 Å². The van der Waals surface area contributed by atoms with Crippen LogP contribution in [0, 0.1) is 0 Å². The first-order chi connectivity index (χ1) is 20.1. The molecule has 9 heteroatoms. The number of benzene rings is 2. The van der Waals surface area contributed by atoms with E-state index in [0.717, 1.165) is 64.8 Å². The number of likely N-dealkylation sites (tertiary alicyclic amines) is 1. The molecule has 3 aromatic heterocycles. The van der Waals surface area contributed by atoms with Crippen molar-refractivity contribution in [2.24, 2.45) is 0 Å². The minimum absolute atomic E-state index is 0.00570. The minimum atomic E-state index is 0.00570. The number of aromatic nitrogens is 5. The molecular weight excluding hydrogens is 514 g/mol. The number of ether oxygens (including phenoxy) is 1. The molecule has 5 heterocycles. The van der Waals surface area contributed by atoms with Gasteiger partial charge in [-0.05, 0) is 50.1 Å². The number of carbonyl (C=O) groups excluding carboxylic acids is 1. The fraction of sp³-hybridized carbons (Fsp3) is 0.250. The lowest BCUT2D eigenvalue weighted by Gasteiger charge is -2.38. The topological polar surface area (TPSA) is 90.1 Å². The second kappa shape index (κ2) is 10.3. The van der Waals surface area contributed by atoms with Crippen molar-refractivity contribution >= 4 is 17.1 Å². The highest BCUT2D eigenvalue weighted by atomic mass is 16.5.